The Hall–Kier alpha value is -3.08. The SMILES string of the molecule is CN1C(=O)C(OP(=O)(Oc2ccccc2)Oc2ccccc2)c2ccccc21. The van der Waals surface area contributed by atoms with Gasteiger partial charge in [0.05, 0.1) is 0 Å². The van der Waals surface area contributed by atoms with Gasteiger partial charge in [-0.2, -0.15) is 0 Å². The fraction of sp³-hybridized carbons (Fsp3) is 0.0952. The summed E-state index contributed by atoms with van der Waals surface area (Å²) in [5, 5.41) is 0. The molecule has 0 fully saturated rings. The molecule has 0 aromatic heterocycles. The van der Waals surface area contributed by atoms with Gasteiger partial charge in [-0.3, -0.25) is 4.79 Å². The van der Waals surface area contributed by atoms with Crippen LogP contribution in [0.2, 0.25) is 0 Å². The first-order chi connectivity index (χ1) is 13.6. The fourth-order valence-corrected chi connectivity index (χ4v) is 4.30. The van der Waals surface area contributed by atoms with E-state index in [-0.39, 0.29) is 5.91 Å². The number of phosphoric ester groups is 1. The van der Waals surface area contributed by atoms with Crippen LogP contribution < -0.4 is 13.9 Å². The standard InChI is InChI=1S/C21H18NO5P/c1-22-19-15-9-8-14-18(19)20(21(22)23)27-28(24,25-16-10-4-2-5-11-16)26-17-12-6-3-7-13-17/h2-15,20H,1H3. The molecule has 1 unspecified atom stereocenters. The maximum atomic E-state index is 13.5. The number of phosphoric acid groups is 1. The second-order valence-electron chi connectivity index (χ2n) is 6.20. The number of carbonyl (C=O) groups is 1. The lowest BCUT2D eigenvalue weighted by atomic mass is 10.1. The van der Waals surface area contributed by atoms with Crippen molar-refractivity contribution in [2.75, 3.05) is 11.9 Å². The third kappa shape index (κ3) is 3.65. The largest absolute Gasteiger partial charge is 0.588 e. The normalized spacial score (nSPS) is 16.0. The van der Waals surface area contributed by atoms with E-state index in [4.69, 9.17) is 13.6 Å². The Balaban J connectivity index is 1.68. The van der Waals surface area contributed by atoms with Gasteiger partial charge in [0.15, 0.2) is 6.10 Å². The third-order valence-corrected chi connectivity index (χ3v) is 5.63. The van der Waals surface area contributed by atoms with Gasteiger partial charge in [-0.15, -0.1) is 0 Å². The van der Waals surface area contributed by atoms with Gasteiger partial charge in [-0.1, -0.05) is 54.6 Å². The number of fused-ring (bicyclic) bond motifs is 1. The van der Waals surface area contributed by atoms with Gasteiger partial charge in [0.25, 0.3) is 5.91 Å². The maximum Gasteiger partial charge on any atom is 0.588 e. The van der Waals surface area contributed by atoms with Crippen LogP contribution in [0.1, 0.15) is 11.7 Å². The molecule has 1 amide bonds. The Labute approximate surface area is 162 Å². The number of carbonyl (C=O) groups excluding carboxylic acids is 1. The highest BCUT2D eigenvalue weighted by Crippen LogP contribution is 2.55. The number of hydrogen-bond acceptors (Lipinski definition) is 5. The van der Waals surface area contributed by atoms with Crippen molar-refractivity contribution in [2.45, 2.75) is 6.10 Å². The van der Waals surface area contributed by atoms with Crippen molar-refractivity contribution in [1.82, 2.24) is 0 Å². The highest BCUT2D eigenvalue weighted by Gasteiger charge is 2.44. The first-order valence-corrected chi connectivity index (χ1v) is 10.2. The predicted octanol–water partition coefficient (Wildman–Crippen LogP) is 4.99. The van der Waals surface area contributed by atoms with E-state index in [2.05, 4.69) is 0 Å². The lowest BCUT2D eigenvalue weighted by Crippen LogP contribution is -2.25. The molecular formula is C21H18NO5P. The third-order valence-electron chi connectivity index (χ3n) is 4.29. The summed E-state index contributed by atoms with van der Waals surface area (Å²) in [4.78, 5) is 14.2. The second-order valence-corrected chi connectivity index (χ2v) is 7.67. The van der Waals surface area contributed by atoms with Crippen molar-refractivity contribution >= 4 is 19.4 Å². The van der Waals surface area contributed by atoms with Gasteiger partial charge >= 0.3 is 7.82 Å². The summed E-state index contributed by atoms with van der Waals surface area (Å²) in [6.45, 7) is 0. The molecule has 0 N–H and O–H groups in total. The van der Waals surface area contributed by atoms with Gasteiger partial charge in [0.1, 0.15) is 11.5 Å². The Morgan fingerprint density at radius 3 is 1.86 bits per heavy atom. The van der Waals surface area contributed by atoms with Crippen LogP contribution in [0.25, 0.3) is 0 Å². The molecule has 6 nitrogen and oxygen atoms in total. The number of hydrogen-bond donors (Lipinski definition) is 0. The summed E-state index contributed by atoms with van der Waals surface area (Å²) >= 11 is 0. The Kier molecular flexibility index (Phi) is 4.90. The van der Waals surface area contributed by atoms with Gasteiger partial charge in [0, 0.05) is 18.3 Å². The van der Waals surface area contributed by atoms with E-state index in [1.165, 1.54) is 4.90 Å². The van der Waals surface area contributed by atoms with E-state index in [0.717, 1.165) is 0 Å². The predicted molar refractivity (Wildman–Crippen MR) is 105 cm³/mol. The maximum absolute atomic E-state index is 13.5. The van der Waals surface area contributed by atoms with Crippen LogP contribution in [0.4, 0.5) is 5.69 Å². The molecule has 0 spiro atoms. The van der Waals surface area contributed by atoms with Crippen LogP contribution in [0, 0.1) is 0 Å². The zero-order valence-corrected chi connectivity index (χ0v) is 16.0. The molecule has 28 heavy (non-hydrogen) atoms. The van der Waals surface area contributed by atoms with Crippen molar-refractivity contribution in [2.24, 2.45) is 0 Å². The van der Waals surface area contributed by atoms with E-state index in [1.807, 2.05) is 18.2 Å². The van der Waals surface area contributed by atoms with Crippen molar-refractivity contribution in [3.8, 4) is 11.5 Å². The van der Waals surface area contributed by atoms with Gasteiger partial charge < -0.3 is 13.9 Å². The molecular weight excluding hydrogens is 377 g/mol. The molecule has 1 heterocycles. The van der Waals surface area contributed by atoms with E-state index in [9.17, 15) is 9.36 Å². The van der Waals surface area contributed by atoms with Crippen molar-refractivity contribution in [1.29, 1.82) is 0 Å². The molecule has 3 aromatic rings. The number of benzene rings is 3. The molecule has 1 atom stereocenters. The van der Waals surface area contributed by atoms with E-state index in [0.29, 0.717) is 22.7 Å². The smallest absolute Gasteiger partial charge is 0.395 e. The number of amides is 1. The molecule has 3 aromatic carbocycles. The summed E-state index contributed by atoms with van der Waals surface area (Å²) < 4.78 is 30.5. The number of rotatable bonds is 6. The minimum atomic E-state index is -4.18. The quantitative estimate of drug-likeness (QED) is 0.551. The average molecular weight is 395 g/mol. The Bertz CT molecular complexity index is 980. The van der Waals surface area contributed by atoms with Crippen molar-refractivity contribution in [3.05, 3.63) is 90.5 Å². The molecule has 7 heteroatoms. The fourth-order valence-electron chi connectivity index (χ4n) is 2.96. The molecule has 0 radical (unpaired) electrons. The molecule has 0 bridgehead atoms. The van der Waals surface area contributed by atoms with Crippen LogP contribution in [0.15, 0.2) is 84.9 Å². The van der Waals surface area contributed by atoms with Crippen LogP contribution in [-0.2, 0) is 13.9 Å². The minimum Gasteiger partial charge on any atom is -0.395 e. The van der Waals surface area contributed by atoms with Crippen LogP contribution in [0.3, 0.4) is 0 Å². The topological polar surface area (TPSA) is 65.1 Å². The Morgan fingerprint density at radius 2 is 1.29 bits per heavy atom. The molecule has 0 aliphatic carbocycles. The Morgan fingerprint density at radius 1 is 0.786 bits per heavy atom. The molecule has 0 saturated carbocycles. The number of anilines is 1. The second kappa shape index (κ2) is 7.50. The zero-order chi connectivity index (χ0) is 19.6. The summed E-state index contributed by atoms with van der Waals surface area (Å²) in [6.07, 6.45) is -1.08. The number of para-hydroxylation sites is 3. The zero-order valence-electron chi connectivity index (χ0n) is 15.1. The van der Waals surface area contributed by atoms with Gasteiger partial charge in [-0.05, 0) is 30.3 Å². The molecule has 0 saturated heterocycles. The lowest BCUT2D eigenvalue weighted by Gasteiger charge is -2.21. The van der Waals surface area contributed by atoms with Crippen LogP contribution in [0.5, 0.6) is 11.5 Å². The first kappa shape index (κ1) is 18.3. The van der Waals surface area contributed by atoms with Crippen LogP contribution in [-0.4, -0.2) is 13.0 Å². The summed E-state index contributed by atoms with van der Waals surface area (Å²) in [7, 11) is -2.53. The molecule has 4 rings (SSSR count). The minimum absolute atomic E-state index is 0.314. The molecule has 1 aliphatic heterocycles. The summed E-state index contributed by atoms with van der Waals surface area (Å²) in [6, 6.07) is 24.3. The van der Waals surface area contributed by atoms with Gasteiger partial charge in [-0.25, -0.2) is 9.09 Å². The summed E-state index contributed by atoms with van der Waals surface area (Å²) in [5.74, 6) is 0.289. The molecule has 1 aliphatic rings. The average Bonchev–Trinajstić information content (AvgIpc) is 2.94. The van der Waals surface area contributed by atoms with Crippen molar-refractivity contribution in [3.63, 3.8) is 0 Å². The monoisotopic (exact) mass is 395 g/mol. The number of likely N-dealkylation sites (N-methyl/N-ethyl adjacent to an activating group) is 1. The van der Waals surface area contributed by atoms with Crippen LogP contribution >= 0.6 is 7.82 Å². The van der Waals surface area contributed by atoms with Gasteiger partial charge in [0.2, 0.25) is 0 Å². The van der Waals surface area contributed by atoms with Crippen molar-refractivity contribution < 1.29 is 22.9 Å². The lowest BCUT2D eigenvalue weighted by molar-refractivity contribution is -0.124. The van der Waals surface area contributed by atoms with E-state index >= 15 is 0 Å². The first-order valence-electron chi connectivity index (χ1n) is 8.70. The van der Waals surface area contributed by atoms with E-state index < -0.39 is 13.9 Å². The highest BCUT2D eigenvalue weighted by molar-refractivity contribution is 7.49. The molecule has 142 valence electrons. The van der Waals surface area contributed by atoms with E-state index in [1.54, 1.807) is 73.8 Å². The highest BCUT2D eigenvalue weighted by atomic mass is 31.2. The number of nitrogens with zero attached hydrogens (tertiary/aromatic N) is 1. The summed E-state index contributed by atoms with van der Waals surface area (Å²) in [5.41, 5.74) is 1.31.